The number of sulfone groups is 1. The SMILES string of the molecule is CS(=O)(=O)CC/N=C/c1ccc(-c2ccc3ncnc(NC4=CC=C(O)C(Cl)C4)c3c2)o1. The van der Waals surface area contributed by atoms with Gasteiger partial charge in [0.2, 0.25) is 0 Å². The molecule has 0 fully saturated rings. The van der Waals surface area contributed by atoms with E-state index in [-0.39, 0.29) is 18.1 Å². The van der Waals surface area contributed by atoms with Gasteiger partial charge in [-0.25, -0.2) is 18.4 Å². The number of alkyl halides is 1. The van der Waals surface area contributed by atoms with Crippen LogP contribution >= 0.6 is 11.6 Å². The molecule has 8 nitrogen and oxygen atoms in total. The molecule has 0 radical (unpaired) electrons. The van der Waals surface area contributed by atoms with Gasteiger partial charge in [-0.1, -0.05) is 0 Å². The third-order valence-electron chi connectivity index (χ3n) is 4.81. The van der Waals surface area contributed by atoms with Crippen molar-refractivity contribution in [2.75, 3.05) is 23.9 Å². The molecule has 4 rings (SSSR count). The number of nitrogens with one attached hydrogen (secondary N) is 1. The fourth-order valence-electron chi connectivity index (χ4n) is 3.16. The molecule has 0 bridgehead atoms. The van der Waals surface area contributed by atoms with Crippen LogP contribution in [-0.4, -0.2) is 53.6 Å². The number of halogens is 1. The fourth-order valence-corrected chi connectivity index (χ4v) is 3.84. The Balaban J connectivity index is 1.57. The summed E-state index contributed by atoms with van der Waals surface area (Å²) in [5, 5.41) is 13.3. The second-order valence-electron chi connectivity index (χ2n) is 7.40. The van der Waals surface area contributed by atoms with Crippen molar-refractivity contribution < 1.29 is 17.9 Å². The number of aliphatic hydroxyl groups is 1. The van der Waals surface area contributed by atoms with Crippen LogP contribution in [0.5, 0.6) is 0 Å². The molecule has 1 unspecified atom stereocenters. The number of furan rings is 1. The van der Waals surface area contributed by atoms with E-state index in [9.17, 15) is 13.5 Å². The molecular formula is C22H21ClN4O4S. The van der Waals surface area contributed by atoms with E-state index in [0.29, 0.717) is 23.8 Å². The van der Waals surface area contributed by atoms with Crippen molar-refractivity contribution in [1.82, 2.24) is 9.97 Å². The number of allylic oxidation sites excluding steroid dienone is 4. The molecule has 2 N–H and O–H groups in total. The second kappa shape index (κ2) is 9.13. The Bertz CT molecular complexity index is 1340. The van der Waals surface area contributed by atoms with Crippen molar-refractivity contribution in [2.45, 2.75) is 11.8 Å². The third-order valence-corrected chi connectivity index (χ3v) is 6.11. The van der Waals surface area contributed by atoms with Gasteiger partial charge in [0.1, 0.15) is 39.3 Å². The first-order chi connectivity index (χ1) is 15.3. The zero-order valence-corrected chi connectivity index (χ0v) is 18.8. The minimum atomic E-state index is -3.05. The molecular weight excluding hydrogens is 452 g/mol. The van der Waals surface area contributed by atoms with Crippen LogP contribution in [0.4, 0.5) is 5.82 Å². The quantitative estimate of drug-likeness (QED) is 0.392. The maximum absolute atomic E-state index is 11.2. The Morgan fingerprint density at radius 1 is 1.28 bits per heavy atom. The first kappa shape index (κ1) is 22.0. The third kappa shape index (κ3) is 5.35. The zero-order chi connectivity index (χ0) is 22.7. The Morgan fingerprint density at radius 3 is 2.91 bits per heavy atom. The predicted octanol–water partition coefficient (Wildman–Crippen LogP) is 4.10. The van der Waals surface area contributed by atoms with E-state index in [1.54, 1.807) is 18.2 Å². The molecule has 10 heteroatoms. The molecule has 1 aliphatic rings. The maximum Gasteiger partial charge on any atom is 0.149 e. The summed E-state index contributed by atoms with van der Waals surface area (Å²) in [6, 6.07) is 9.31. The van der Waals surface area contributed by atoms with Crippen molar-refractivity contribution in [1.29, 1.82) is 0 Å². The van der Waals surface area contributed by atoms with Gasteiger partial charge in [-0.05, 0) is 42.5 Å². The van der Waals surface area contributed by atoms with Gasteiger partial charge < -0.3 is 14.8 Å². The Labute approximate surface area is 190 Å². The minimum absolute atomic E-state index is 0.00613. The topological polar surface area (TPSA) is 118 Å². The van der Waals surface area contributed by atoms with Crippen molar-refractivity contribution in [2.24, 2.45) is 4.99 Å². The number of aromatic nitrogens is 2. The lowest BCUT2D eigenvalue weighted by atomic mass is 10.1. The number of rotatable bonds is 7. The van der Waals surface area contributed by atoms with Gasteiger partial charge in [-0.15, -0.1) is 11.6 Å². The summed E-state index contributed by atoms with van der Waals surface area (Å²) >= 11 is 6.14. The highest BCUT2D eigenvalue weighted by molar-refractivity contribution is 7.90. The number of hydrogen-bond acceptors (Lipinski definition) is 8. The lowest BCUT2D eigenvalue weighted by Gasteiger charge is -2.18. The second-order valence-corrected chi connectivity index (χ2v) is 10.2. The van der Waals surface area contributed by atoms with Gasteiger partial charge >= 0.3 is 0 Å². The lowest BCUT2D eigenvalue weighted by Crippen LogP contribution is -2.13. The number of benzene rings is 1. The molecule has 0 aliphatic heterocycles. The molecule has 0 saturated heterocycles. The minimum Gasteiger partial charge on any atom is -0.511 e. The average molecular weight is 473 g/mol. The van der Waals surface area contributed by atoms with Gasteiger partial charge in [0.05, 0.1) is 29.4 Å². The van der Waals surface area contributed by atoms with Crippen molar-refractivity contribution >= 4 is 44.4 Å². The highest BCUT2D eigenvalue weighted by atomic mass is 35.5. The molecule has 1 aliphatic carbocycles. The summed E-state index contributed by atoms with van der Waals surface area (Å²) in [5.41, 5.74) is 2.42. The van der Waals surface area contributed by atoms with Crippen molar-refractivity contribution in [3.05, 3.63) is 66.0 Å². The van der Waals surface area contributed by atoms with Crippen LogP contribution in [0.25, 0.3) is 22.2 Å². The Hall–Kier alpha value is -3.17. The maximum atomic E-state index is 11.2. The first-order valence-electron chi connectivity index (χ1n) is 9.82. The van der Waals surface area contributed by atoms with Crippen molar-refractivity contribution in [3.63, 3.8) is 0 Å². The Morgan fingerprint density at radius 2 is 2.12 bits per heavy atom. The molecule has 3 aromatic rings. The van der Waals surface area contributed by atoms with Gasteiger partial charge in [0.25, 0.3) is 0 Å². The van der Waals surface area contributed by atoms with Crippen molar-refractivity contribution in [3.8, 4) is 11.3 Å². The number of hydrogen-bond donors (Lipinski definition) is 2. The van der Waals surface area contributed by atoms with Gasteiger partial charge in [-0.2, -0.15) is 0 Å². The standard InChI is InChI=1S/C22H21ClN4O4S/c1-32(29,30)9-8-24-12-16-4-7-21(31-16)14-2-5-19-17(10-14)22(26-13-25-19)27-15-3-6-20(28)18(23)11-15/h2-7,10,12-13,18,28H,8-9,11H2,1H3,(H,25,26,27)/b24-12+. The first-order valence-corrected chi connectivity index (χ1v) is 12.3. The molecule has 0 saturated carbocycles. The summed E-state index contributed by atoms with van der Waals surface area (Å²) < 4.78 is 28.2. The summed E-state index contributed by atoms with van der Waals surface area (Å²) in [7, 11) is -3.05. The lowest BCUT2D eigenvalue weighted by molar-refractivity contribution is 0.388. The van der Waals surface area contributed by atoms with Crippen LogP contribution in [0, 0.1) is 0 Å². The summed E-state index contributed by atoms with van der Waals surface area (Å²) in [5.74, 6) is 1.92. The summed E-state index contributed by atoms with van der Waals surface area (Å²) in [6.45, 7) is 0.184. The van der Waals surface area contributed by atoms with E-state index < -0.39 is 15.2 Å². The van der Waals surface area contributed by atoms with Gasteiger partial charge in [0, 0.05) is 29.3 Å². The van der Waals surface area contributed by atoms with Crippen LogP contribution in [-0.2, 0) is 9.84 Å². The number of nitrogens with zero attached hydrogens (tertiary/aromatic N) is 3. The monoisotopic (exact) mass is 472 g/mol. The summed E-state index contributed by atoms with van der Waals surface area (Å²) in [6.07, 6.45) is 7.98. The molecule has 2 aromatic heterocycles. The molecule has 0 spiro atoms. The number of fused-ring (bicyclic) bond motifs is 1. The highest BCUT2D eigenvalue weighted by Gasteiger charge is 2.17. The average Bonchev–Trinajstić information content (AvgIpc) is 3.22. The van der Waals surface area contributed by atoms with E-state index in [1.165, 1.54) is 18.8 Å². The van der Waals surface area contributed by atoms with E-state index >= 15 is 0 Å². The largest absolute Gasteiger partial charge is 0.511 e. The van der Waals surface area contributed by atoms with Gasteiger partial charge in [0.15, 0.2) is 0 Å². The normalized spacial score (nSPS) is 16.9. The smallest absolute Gasteiger partial charge is 0.149 e. The van der Waals surface area contributed by atoms with E-state index in [4.69, 9.17) is 16.0 Å². The van der Waals surface area contributed by atoms with E-state index in [0.717, 1.165) is 22.2 Å². The molecule has 2 heterocycles. The Kier molecular flexibility index (Phi) is 6.29. The predicted molar refractivity (Wildman–Crippen MR) is 126 cm³/mol. The molecule has 166 valence electrons. The number of anilines is 1. The molecule has 32 heavy (non-hydrogen) atoms. The number of aliphatic hydroxyl groups excluding tert-OH is 1. The van der Waals surface area contributed by atoms with Gasteiger partial charge in [-0.3, -0.25) is 4.99 Å². The summed E-state index contributed by atoms with van der Waals surface area (Å²) in [4.78, 5) is 12.8. The molecule has 1 atom stereocenters. The highest BCUT2D eigenvalue weighted by Crippen LogP contribution is 2.30. The van der Waals surface area contributed by atoms with Crippen LogP contribution in [0.2, 0.25) is 0 Å². The van der Waals surface area contributed by atoms with Crippen LogP contribution in [0.3, 0.4) is 0 Å². The van der Waals surface area contributed by atoms with E-state index in [1.807, 2.05) is 24.3 Å². The van der Waals surface area contributed by atoms with Crippen LogP contribution in [0.1, 0.15) is 12.2 Å². The number of aliphatic imine (C=N–C) groups is 1. The van der Waals surface area contributed by atoms with E-state index in [2.05, 4.69) is 20.3 Å². The zero-order valence-electron chi connectivity index (χ0n) is 17.2. The molecule has 1 aromatic carbocycles. The molecule has 0 amide bonds. The van der Waals surface area contributed by atoms with Crippen LogP contribution < -0.4 is 5.32 Å². The fraction of sp³-hybridized carbons (Fsp3) is 0.227. The van der Waals surface area contributed by atoms with Crippen LogP contribution in [0.15, 0.2) is 69.7 Å².